The fourth-order valence-electron chi connectivity index (χ4n) is 3.66. The van der Waals surface area contributed by atoms with E-state index in [1.807, 2.05) is 30.3 Å². The number of carbonyl (C=O) groups is 1. The van der Waals surface area contributed by atoms with Crippen LogP contribution in [0.4, 0.5) is 19.0 Å². The molecule has 1 amide bonds. The number of carbonyl (C=O) groups excluding carboxylic acids is 1. The zero-order chi connectivity index (χ0) is 22.0. The summed E-state index contributed by atoms with van der Waals surface area (Å²) in [7, 11) is 1.52. The SMILES string of the molecule is COc1ccc([C@@H]2C[C@@H](C(F)(F)F)n3ncc(C(=O)NCc4ccccc4)c3N2)cc1. The second kappa shape index (κ2) is 8.33. The third-order valence-corrected chi connectivity index (χ3v) is 5.30. The fraction of sp³-hybridized carbons (Fsp3) is 0.273. The Hall–Kier alpha value is -3.49. The number of fused-ring (bicyclic) bond motifs is 1. The summed E-state index contributed by atoms with van der Waals surface area (Å²) in [4.78, 5) is 12.7. The second-order valence-corrected chi connectivity index (χ2v) is 7.28. The molecule has 0 bridgehead atoms. The predicted octanol–water partition coefficient (Wildman–Crippen LogP) is 4.48. The Bertz CT molecular complexity index is 1050. The van der Waals surface area contributed by atoms with Crippen molar-refractivity contribution in [3.05, 3.63) is 77.5 Å². The maximum absolute atomic E-state index is 13.8. The van der Waals surface area contributed by atoms with Gasteiger partial charge in [-0.05, 0) is 23.3 Å². The van der Waals surface area contributed by atoms with Gasteiger partial charge in [-0.2, -0.15) is 18.3 Å². The van der Waals surface area contributed by atoms with Crippen molar-refractivity contribution in [1.82, 2.24) is 15.1 Å². The van der Waals surface area contributed by atoms with Crippen LogP contribution in [0.1, 0.15) is 40.0 Å². The van der Waals surface area contributed by atoms with E-state index in [-0.39, 0.29) is 24.3 Å². The van der Waals surface area contributed by atoms with Crippen molar-refractivity contribution in [3.63, 3.8) is 0 Å². The highest BCUT2D eigenvalue weighted by atomic mass is 19.4. The normalized spacial score (nSPS) is 18.1. The van der Waals surface area contributed by atoms with Gasteiger partial charge in [-0.15, -0.1) is 0 Å². The van der Waals surface area contributed by atoms with Crippen LogP contribution in [0.3, 0.4) is 0 Å². The smallest absolute Gasteiger partial charge is 0.410 e. The third-order valence-electron chi connectivity index (χ3n) is 5.30. The number of nitrogens with zero attached hydrogens (tertiary/aromatic N) is 2. The Morgan fingerprint density at radius 2 is 1.90 bits per heavy atom. The predicted molar refractivity (Wildman–Crippen MR) is 109 cm³/mol. The lowest BCUT2D eigenvalue weighted by Gasteiger charge is -2.34. The summed E-state index contributed by atoms with van der Waals surface area (Å²) < 4.78 is 47.4. The lowest BCUT2D eigenvalue weighted by Crippen LogP contribution is -2.36. The highest BCUT2D eigenvalue weighted by Crippen LogP contribution is 2.44. The van der Waals surface area contributed by atoms with Gasteiger partial charge >= 0.3 is 6.18 Å². The molecule has 0 fully saturated rings. The minimum Gasteiger partial charge on any atom is -0.497 e. The minimum absolute atomic E-state index is 0.0555. The number of alkyl halides is 3. The summed E-state index contributed by atoms with van der Waals surface area (Å²) in [5.41, 5.74) is 1.62. The van der Waals surface area contributed by atoms with Crippen molar-refractivity contribution < 1.29 is 22.7 Å². The first-order chi connectivity index (χ1) is 14.9. The van der Waals surface area contributed by atoms with E-state index in [1.165, 1.54) is 13.3 Å². The Morgan fingerprint density at radius 1 is 1.19 bits per heavy atom. The van der Waals surface area contributed by atoms with Crippen LogP contribution in [0.2, 0.25) is 0 Å². The van der Waals surface area contributed by atoms with Gasteiger partial charge in [0.05, 0.1) is 19.3 Å². The largest absolute Gasteiger partial charge is 0.497 e. The van der Waals surface area contributed by atoms with Gasteiger partial charge in [0.1, 0.15) is 17.1 Å². The van der Waals surface area contributed by atoms with Gasteiger partial charge in [0.25, 0.3) is 5.91 Å². The number of rotatable bonds is 5. The topological polar surface area (TPSA) is 68.2 Å². The molecule has 0 saturated carbocycles. The van der Waals surface area contributed by atoms with Gasteiger partial charge < -0.3 is 15.4 Å². The second-order valence-electron chi connectivity index (χ2n) is 7.28. The van der Waals surface area contributed by atoms with Crippen LogP contribution in [0.5, 0.6) is 5.75 Å². The number of nitrogens with one attached hydrogen (secondary N) is 2. The van der Waals surface area contributed by atoms with Crippen molar-refractivity contribution in [2.75, 3.05) is 12.4 Å². The first kappa shape index (κ1) is 20.8. The van der Waals surface area contributed by atoms with Gasteiger partial charge in [-0.25, -0.2) is 4.68 Å². The zero-order valence-corrected chi connectivity index (χ0v) is 16.7. The number of hydrogen-bond donors (Lipinski definition) is 2. The number of aromatic nitrogens is 2. The molecule has 1 aliphatic rings. The summed E-state index contributed by atoms with van der Waals surface area (Å²) in [6.45, 7) is 0.259. The van der Waals surface area contributed by atoms with E-state index in [0.717, 1.165) is 10.2 Å². The summed E-state index contributed by atoms with van der Waals surface area (Å²) >= 11 is 0. The monoisotopic (exact) mass is 430 g/mol. The Morgan fingerprint density at radius 3 is 2.55 bits per heavy atom. The molecule has 31 heavy (non-hydrogen) atoms. The molecule has 0 unspecified atom stereocenters. The number of methoxy groups -OCH3 is 1. The van der Waals surface area contributed by atoms with Crippen molar-refractivity contribution in [1.29, 1.82) is 0 Å². The highest BCUT2D eigenvalue weighted by molar-refractivity contribution is 5.98. The first-order valence-electron chi connectivity index (χ1n) is 9.73. The van der Waals surface area contributed by atoms with E-state index in [0.29, 0.717) is 11.3 Å². The number of amides is 1. The van der Waals surface area contributed by atoms with Crippen molar-refractivity contribution in [2.24, 2.45) is 0 Å². The number of hydrogen-bond acceptors (Lipinski definition) is 4. The van der Waals surface area contributed by atoms with Crippen LogP contribution in [-0.2, 0) is 6.54 Å². The average molecular weight is 430 g/mol. The van der Waals surface area contributed by atoms with Crippen LogP contribution in [0.25, 0.3) is 0 Å². The summed E-state index contributed by atoms with van der Waals surface area (Å²) in [6, 6.07) is 13.6. The molecule has 2 aromatic carbocycles. The summed E-state index contributed by atoms with van der Waals surface area (Å²) in [6.07, 6.45) is -3.57. The molecule has 1 aromatic heterocycles. The van der Waals surface area contributed by atoms with Gasteiger partial charge in [0.15, 0.2) is 6.04 Å². The lowest BCUT2D eigenvalue weighted by atomic mass is 9.96. The maximum Gasteiger partial charge on any atom is 0.410 e. The van der Waals surface area contributed by atoms with Gasteiger partial charge in [0.2, 0.25) is 0 Å². The molecule has 1 aliphatic heterocycles. The van der Waals surface area contributed by atoms with Gasteiger partial charge in [0, 0.05) is 13.0 Å². The van der Waals surface area contributed by atoms with Crippen LogP contribution in [-0.4, -0.2) is 29.0 Å². The molecule has 0 aliphatic carbocycles. The van der Waals surface area contributed by atoms with Gasteiger partial charge in [-0.3, -0.25) is 4.79 Å². The molecule has 2 atom stereocenters. The Balaban J connectivity index is 1.61. The number of ether oxygens (including phenoxy) is 1. The molecule has 0 radical (unpaired) electrons. The van der Waals surface area contributed by atoms with Crippen LogP contribution < -0.4 is 15.4 Å². The standard InChI is InChI=1S/C22H21F3N4O2/c1-31-16-9-7-15(8-10-16)18-11-19(22(23,24)25)29-20(28-18)17(13-27-29)21(30)26-12-14-5-3-2-4-6-14/h2-10,13,18-19,28H,11-12H2,1H3,(H,26,30)/t18-,19-/m0/s1. The van der Waals surface area contributed by atoms with Crippen molar-refractivity contribution in [2.45, 2.75) is 31.2 Å². The molecular weight excluding hydrogens is 409 g/mol. The molecule has 2 N–H and O–H groups in total. The molecular formula is C22H21F3N4O2. The van der Waals surface area contributed by atoms with E-state index in [2.05, 4.69) is 15.7 Å². The molecule has 4 rings (SSSR count). The maximum atomic E-state index is 13.8. The lowest BCUT2D eigenvalue weighted by molar-refractivity contribution is -0.173. The molecule has 0 saturated heterocycles. The molecule has 0 spiro atoms. The van der Waals surface area contributed by atoms with Gasteiger partial charge in [-0.1, -0.05) is 42.5 Å². The summed E-state index contributed by atoms with van der Waals surface area (Å²) in [5, 5.41) is 9.71. The Labute approximate surface area is 177 Å². The fourth-order valence-corrected chi connectivity index (χ4v) is 3.66. The molecule has 6 nitrogen and oxygen atoms in total. The number of anilines is 1. The molecule has 3 aromatic rings. The van der Waals surface area contributed by atoms with Crippen LogP contribution >= 0.6 is 0 Å². The van der Waals surface area contributed by atoms with E-state index < -0.39 is 24.2 Å². The van der Waals surface area contributed by atoms with Crippen molar-refractivity contribution >= 4 is 11.7 Å². The number of halogens is 3. The third kappa shape index (κ3) is 4.35. The highest BCUT2D eigenvalue weighted by Gasteiger charge is 2.47. The summed E-state index contributed by atoms with van der Waals surface area (Å²) in [5.74, 6) is 0.173. The molecule has 162 valence electrons. The Kier molecular flexibility index (Phi) is 5.58. The van der Waals surface area contributed by atoms with Crippen molar-refractivity contribution in [3.8, 4) is 5.75 Å². The van der Waals surface area contributed by atoms with Crippen LogP contribution in [0, 0.1) is 0 Å². The van der Waals surface area contributed by atoms with Crippen LogP contribution in [0.15, 0.2) is 60.8 Å². The minimum atomic E-state index is -4.51. The average Bonchev–Trinajstić information content (AvgIpc) is 3.21. The number of benzene rings is 2. The molecule has 2 heterocycles. The zero-order valence-electron chi connectivity index (χ0n) is 16.7. The first-order valence-corrected chi connectivity index (χ1v) is 9.73. The van der Waals surface area contributed by atoms with E-state index in [4.69, 9.17) is 4.74 Å². The van der Waals surface area contributed by atoms with E-state index in [1.54, 1.807) is 24.3 Å². The van der Waals surface area contributed by atoms with E-state index in [9.17, 15) is 18.0 Å². The quantitative estimate of drug-likeness (QED) is 0.626. The molecule has 9 heteroatoms. The van der Waals surface area contributed by atoms with E-state index >= 15 is 0 Å².